The number of hydrogen-bond acceptors (Lipinski definition) is 5. The normalized spacial score (nSPS) is 11.4. The van der Waals surface area contributed by atoms with E-state index in [1.807, 2.05) is 36.4 Å². The fourth-order valence-electron chi connectivity index (χ4n) is 2.34. The number of carbonyl (C=O) groups excluding carboxylic acids is 1. The lowest BCUT2D eigenvalue weighted by atomic mass is 10.3. The summed E-state index contributed by atoms with van der Waals surface area (Å²) in [6, 6.07) is 15.2. The molecular formula is C19H14N2O3S. The van der Waals surface area contributed by atoms with E-state index >= 15 is 0 Å². The summed E-state index contributed by atoms with van der Waals surface area (Å²) in [6.07, 6.45) is 4.60. The summed E-state index contributed by atoms with van der Waals surface area (Å²) in [4.78, 5) is 16.4. The van der Waals surface area contributed by atoms with Crippen LogP contribution >= 0.6 is 11.3 Å². The number of fused-ring (bicyclic) bond motifs is 1. The van der Waals surface area contributed by atoms with E-state index in [1.54, 1.807) is 35.8 Å². The minimum Gasteiger partial charge on any atom is -0.465 e. The van der Waals surface area contributed by atoms with Crippen LogP contribution in [0.4, 0.5) is 0 Å². The molecule has 0 aliphatic carbocycles. The van der Waals surface area contributed by atoms with E-state index in [1.165, 1.54) is 6.08 Å². The lowest BCUT2D eigenvalue weighted by Gasteiger charge is -1.98. The van der Waals surface area contributed by atoms with Crippen LogP contribution in [0.15, 0.2) is 69.7 Å². The molecule has 1 amide bonds. The van der Waals surface area contributed by atoms with Crippen LogP contribution in [0.3, 0.4) is 0 Å². The number of nitrogens with zero attached hydrogens (tertiary/aromatic N) is 1. The molecule has 0 spiro atoms. The second-order valence-corrected chi connectivity index (χ2v) is 6.35. The van der Waals surface area contributed by atoms with Gasteiger partial charge in [0.05, 0.1) is 23.0 Å². The van der Waals surface area contributed by atoms with Crippen molar-refractivity contribution >= 4 is 33.5 Å². The zero-order chi connectivity index (χ0) is 17.1. The van der Waals surface area contributed by atoms with Gasteiger partial charge in [0.1, 0.15) is 11.5 Å². The molecule has 0 atom stereocenters. The van der Waals surface area contributed by atoms with E-state index in [4.69, 9.17) is 8.83 Å². The van der Waals surface area contributed by atoms with Crippen LogP contribution in [0.25, 0.3) is 27.1 Å². The average Bonchev–Trinajstić information content (AvgIpc) is 3.38. The number of nitrogens with one attached hydrogen (secondary N) is 1. The fraction of sp³-hybridized carbons (Fsp3) is 0.0526. The summed E-state index contributed by atoms with van der Waals surface area (Å²) in [5.74, 6) is 1.80. The number of benzene rings is 1. The molecule has 0 radical (unpaired) electrons. The van der Waals surface area contributed by atoms with Crippen molar-refractivity contribution in [3.8, 4) is 10.8 Å². The van der Waals surface area contributed by atoms with Crippen molar-refractivity contribution in [1.82, 2.24) is 10.3 Å². The highest BCUT2D eigenvalue weighted by Crippen LogP contribution is 2.31. The van der Waals surface area contributed by atoms with Gasteiger partial charge in [-0.3, -0.25) is 4.79 Å². The number of rotatable bonds is 5. The Bertz CT molecular complexity index is 995. The zero-order valence-corrected chi connectivity index (χ0v) is 14.0. The topological polar surface area (TPSA) is 68.3 Å². The van der Waals surface area contributed by atoms with Gasteiger partial charge in [0.15, 0.2) is 10.8 Å². The number of aromatic nitrogens is 1. The maximum atomic E-state index is 11.8. The van der Waals surface area contributed by atoms with Crippen LogP contribution in [0.5, 0.6) is 0 Å². The molecule has 3 aromatic heterocycles. The monoisotopic (exact) mass is 350 g/mol. The summed E-state index contributed by atoms with van der Waals surface area (Å²) >= 11 is 1.58. The Kier molecular flexibility index (Phi) is 4.18. The van der Waals surface area contributed by atoms with Crippen molar-refractivity contribution in [2.45, 2.75) is 6.54 Å². The summed E-state index contributed by atoms with van der Waals surface area (Å²) in [7, 11) is 0. The van der Waals surface area contributed by atoms with E-state index in [0.717, 1.165) is 15.2 Å². The Balaban J connectivity index is 1.40. The summed E-state index contributed by atoms with van der Waals surface area (Å²) < 4.78 is 12.0. The van der Waals surface area contributed by atoms with Crippen molar-refractivity contribution in [2.24, 2.45) is 0 Å². The molecule has 4 rings (SSSR count). The molecule has 0 bridgehead atoms. The summed E-state index contributed by atoms with van der Waals surface area (Å²) in [5, 5.41) is 3.60. The lowest BCUT2D eigenvalue weighted by Crippen LogP contribution is -2.19. The number of amides is 1. The van der Waals surface area contributed by atoms with E-state index in [-0.39, 0.29) is 5.91 Å². The number of para-hydroxylation sites is 1. The number of thiazole rings is 1. The lowest BCUT2D eigenvalue weighted by molar-refractivity contribution is -0.116. The van der Waals surface area contributed by atoms with Gasteiger partial charge in [-0.1, -0.05) is 12.1 Å². The van der Waals surface area contributed by atoms with Gasteiger partial charge in [-0.15, -0.1) is 11.3 Å². The van der Waals surface area contributed by atoms with E-state index in [2.05, 4.69) is 10.3 Å². The third-order valence-corrected chi connectivity index (χ3v) is 4.60. The van der Waals surface area contributed by atoms with Crippen LogP contribution in [-0.4, -0.2) is 10.9 Å². The minimum atomic E-state index is -0.214. The van der Waals surface area contributed by atoms with Gasteiger partial charge in [0.2, 0.25) is 5.91 Å². The molecule has 6 heteroatoms. The number of hydrogen-bond donors (Lipinski definition) is 1. The van der Waals surface area contributed by atoms with E-state index in [0.29, 0.717) is 23.8 Å². The molecule has 0 fully saturated rings. The molecule has 1 N–H and O–H groups in total. The van der Waals surface area contributed by atoms with Crippen molar-refractivity contribution in [1.29, 1.82) is 0 Å². The number of furan rings is 2. The molecule has 1 aromatic carbocycles. The molecule has 124 valence electrons. The second-order valence-electron chi connectivity index (χ2n) is 5.32. The first kappa shape index (κ1) is 15.4. The predicted octanol–water partition coefficient (Wildman–Crippen LogP) is 4.48. The standard InChI is InChI=1S/C19H14N2O3S/c22-18(10-8-13-4-3-11-23-13)20-12-14-7-9-16(24-14)19-21-15-5-1-2-6-17(15)25-19/h1-11H,12H2,(H,20,22)/b10-8+. The molecule has 0 aliphatic heterocycles. The molecule has 0 saturated heterocycles. The first-order valence-electron chi connectivity index (χ1n) is 7.72. The third kappa shape index (κ3) is 3.54. The van der Waals surface area contributed by atoms with Gasteiger partial charge >= 0.3 is 0 Å². The van der Waals surface area contributed by atoms with E-state index < -0.39 is 0 Å². The highest BCUT2D eigenvalue weighted by atomic mass is 32.1. The first-order chi connectivity index (χ1) is 12.3. The van der Waals surface area contributed by atoms with Crippen molar-refractivity contribution < 1.29 is 13.6 Å². The molecule has 5 nitrogen and oxygen atoms in total. The smallest absolute Gasteiger partial charge is 0.244 e. The first-order valence-corrected chi connectivity index (χ1v) is 8.54. The van der Waals surface area contributed by atoms with Crippen LogP contribution in [0.2, 0.25) is 0 Å². The number of carbonyl (C=O) groups is 1. The van der Waals surface area contributed by atoms with Crippen molar-refractivity contribution in [2.75, 3.05) is 0 Å². The average molecular weight is 350 g/mol. The quantitative estimate of drug-likeness (QED) is 0.539. The largest absolute Gasteiger partial charge is 0.465 e. The SMILES string of the molecule is O=C(/C=C/c1ccco1)NCc1ccc(-c2nc3ccccc3s2)o1. The molecule has 3 heterocycles. The Labute approximate surface area is 147 Å². The highest BCUT2D eigenvalue weighted by Gasteiger charge is 2.10. The Morgan fingerprint density at radius 1 is 1.16 bits per heavy atom. The van der Waals surface area contributed by atoms with Crippen LogP contribution in [0, 0.1) is 0 Å². The minimum absolute atomic E-state index is 0.214. The van der Waals surface area contributed by atoms with Gasteiger partial charge in [0, 0.05) is 6.08 Å². The highest BCUT2D eigenvalue weighted by molar-refractivity contribution is 7.21. The molecular weight excluding hydrogens is 336 g/mol. The predicted molar refractivity (Wildman–Crippen MR) is 96.9 cm³/mol. The Morgan fingerprint density at radius 3 is 2.92 bits per heavy atom. The Hall–Kier alpha value is -3.12. The molecule has 4 aromatic rings. The van der Waals surface area contributed by atoms with Crippen LogP contribution in [0.1, 0.15) is 11.5 Å². The van der Waals surface area contributed by atoms with Crippen LogP contribution in [-0.2, 0) is 11.3 Å². The van der Waals surface area contributed by atoms with Gasteiger partial charge in [-0.2, -0.15) is 0 Å². The van der Waals surface area contributed by atoms with Crippen LogP contribution < -0.4 is 5.32 Å². The van der Waals surface area contributed by atoms with E-state index in [9.17, 15) is 4.79 Å². The van der Waals surface area contributed by atoms with Gasteiger partial charge < -0.3 is 14.2 Å². The maximum Gasteiger partial charge on any atom is 0.244 e. The van der Waals surface area contributed by atoms with Gasteiger partial charge in [-0.25, -0.2) is 4.98 Å². The maximum absolute atomic E-state index is 11.8. The Morgan fingerprint density at radius 2 is 2.08 bits per heavy atom. The molecule has 0 saturated carbocycles. The van der Waals surface area contributed by atoms with Crippen molar-refractivity contribution in [3.05, 3.63) is 72.4 Å². The molecule has 0 aliphatic rings. The third-order valence-electron chi connectivity index (χ3n) is 3.55. The van der Waals surface area contributed by atoms with Crippen molar-refractivity contribution in [3.63, 3.8) is 0 Å². The molecule has 25 heavy (non-hydrogen) atoms. The summed E-state index contributed by atoms with van der Waals surface area (Å²) in [5.41, 5.74) is 0.955. The molecule has 0 unspecified atom stereocenters. The van der Waals surface area contributed by atoms with Gasteiger partial charge in [0.25, 0.3) is 0 Å². The second kappa shape index (κ2) is 6.78. The zero-order valence-electron chi connectivity index (χ0n) is 13.1. The summed E-state index contributed by atoms with van der Waals surface area (Å²) in [6.45, 7) is 0.312. The fourth-order valence-corrected chi connectivity index (χ4v) is 3.27. The van der Waals surface area contributed by atoms with Gasteiger partial charge in [-0.05, 0) is 42.5 Å².